The molecule has 0 fully saturated rings. The van der Waals surface area contributed by atoms with Gasteiger partial charge < -0.3 is 0 Å². The summed E-state index contributed by atoms with van der Waals surface area (Å²) in [6, 6.07) is 0. The Balaban J connectivity index is 2.53. The molecule has 68 valence electrons. The first kappa shape index (κ1) is 9.50. The number of hydrogen-bond donors (Lipinski definition) is 0. The fourth-order valence-corrected chi connectivity index (χ4v) is 1.72. The lowest BCUT2D eigenvalue weighted by atomic mass is 9.79. The molecule has 1 aliphatic rings. The number of rotatable bonds is 1. The fourth-order valence-electron chi connectivity index (χ4n) is 1.72. The average Bonchev–Trinajstić information content (AvgIpc) is 1.91. The van der Waals surface area contributed by atoms with Crippen LogP contribution < -0.4 is 0 Å². The van der Waals surface area contributed by atoms with Crippen molar-refractivity contribution in [3.63, 3.8) is 0 Å². The molecule has 0 spiro atoms. The second kappa shape index (κ2) is 3.42. The van der Waals surface area contributed by atoms with Crippen molar-refractivity contribution in [1.82, 2.24) is 0 Å². The molecule has 0 saturated heterocycles. The third kappa shape index (κ3) is 2.80. The Morgan fingerprint density at radius 1 is 1.50 bits per heavy atom. The number of hydrogen-bond acceptors (Lipinski definition) is 1. The van der Waals surface area contributed by atoms with Gasteiger partial charge in [-0.05, 0) is 30.8 Å². The summed E-state index contributed by atoms with van der Waals surface area (Å²) in [6.07, 6.45) is 6.89. The predicted molar refractivity (Wildman–Crippen MR) is 50.9 cm³/mol. The Kier molecular flexibility index (Phi) is 2.71. The van der Waals surface area contributed by atoms with Crippen molar-refractivity contribution >= 4 is 5.78 Å². The molecule has 0 aromatic carbocycles. The maximum atomic E-state index is 11.4. The van der Waals surface area contributed by atoms with Crippen molar-refractivity contribution in [3.05, 3.63) is 12.2 Å². The maximum Gasteiger partial charge on any atom is 0.158 e. The standard InChI is InChI=1S/C11H18O/c1-11(2,3)8-9-6-4-5-7-10(9)12/h5,7,9H,4,6,8H2,1-3H3. The smallest absolute Gasteiger partial charge is 0.158 e. The molecule has 1 rings (SSSR count). The molecule has 1 unspecified atom stereocenters. The molecule has 0 saturated carbocycles. The van der Waals surface area contributed by atoms with E-state index in [0.29, 0.717) is 5.78 Å². The van der Waals surface area contributed by atoms with Gasteiger partial charge in [-0.15, -0.1) is 0 Å². The summed E-state index contributed by atoms with van der Waals surface area (Å²) in [4.78, 5) is 11.4. The second-order valence-corrected chi connectivity index (χ2v) is 4.84. The molecule has 0 radical (unpaired) electrons. The largest absolute Gasteiger partial charge is 0.295 e. The Bertz CT molecular complexity index is 196. The van der Waals surface area contributed by atoms with Crippen molar-refractivity contribution < 1.29 is 4.79 Å². The van der Waals surface area contributed by atoms with Crippen LogP contribution in [0.3, 0.4) is 0 Å². The van der Waals surface area contributed by atoms with Crippen molar-refractivity contribution in [1.29, 1.82) is 0 Å². The third-order valence-corrected chi connectivity index (χ3v) is 2.23. The fraction of sp³-hybridized carbons (Fsp3) is 0.727. The lowest BCUT2D eigenvalue weighted by Crippen LogP contribution is -2.21. The van der Waals surface area contributed by atoms with E-state index in [2.05, 4.69) is 20.8 Å². The number of ketones is 1. The van der Waals surface area contributed by atoms with E-state index >= 15 is 0 Å². The van der Waals surface area contributed by atoms with Crippen molar-refractivity contribution in [2.24, 2.45) is 11.3 Å². The molecule has 0 amide bonds. The van der Waals surface area contributed by atoms with Crippen molar-refractivity contribution in [2.75, 3.05) is 0 Å². The Labute approximate surface area is 74.9 Å². The van der Waals surface area contributed by atoms with E-state index in [9.17, 15) is 4.79 Å². The van der Waals surface area contributed by atoms with Gasteiger partial charge in [0.15, 0.2) is 5.78 Å². The molecule has 0 aromatic heterocycles. The first-order valence-corrected chi connectivity index (χ1v) is 4.69. The van der Waals surface area contributed by atoms with Gasteiger partial charge in [0.05, 0.1) is 0 Å². The van der Waals surface area contributed by atoms with Crippen LogP contribution in [0.25, 0.3) is 0 Å². The van der Waals surface area contributed by atoms with E-state index in [1.807, 2.05) is 6.08 Å². The quantitative estimate of drug-likeness (QED) is 0.585. The number of allylic oxidation sites excluding steroid dienone is 2. The SMILES string of the molecule is CC(C)(C)CC1CCC=CC1=O. The van der Waals surface area contributed by atoms with Gasteiger partial charge in [-0.25, -0.2) is 0 Å². The molecule has 12 heavy (non-hydrogen) atoms. The minimum absolute atomic E-state index is 0.283. The number of carbonyl (C=O) groups excluding carboxylic acids is 1. The highest BCUT2D eigenvalue weighted by Crippen LogP contribution is 2.29. The summed E-state index contributed by atoms with van der Waals surface area (Å²) in [5.74, 6) is 0.617. The van der Waals surface area contributed by atoms with Gasteiger partial charge >= 0.3 is 0 Å². The van der Waals surface area contributed by atoms with Crippen molar-refractivity contribution in [2.45, 2.75) is 40.0 Å². The van der Waals surface area contributed by atoms with Crippen LogP contribution in [0.4, 0.5) is 0 Å². The van der Waals surface area contributed by atoms with Crippen LogP contribution in [0, 0.1) is 11.3 Å². The van der Waals surface area contributed by atoms with E-state index in [-0.39, 0.29) is 11.3 Å². The van der Waals surface area contributed by atoms with E-state index in [1.54, 1.807) is 6.08 Å². The topological polar surface area (TPSA) is 17.1 Å². The van der Waals surface area contributed by atoms with Crippen LogP contribution in [0.2, 0.25) is 0 Å². The predicted octanol–water partition coefficient (Wildman–Crippen LogP) is 2.96. The Hall–Kier alpha value is -0.590. The van der Waals surface area contributed by atoms with Crippen LogP contribution in [-0.2, 0) is 4.79 Å². The summed E-state index contributed by atoms with van der Waals surface area (Å²) in [7, 11) is 0. The molecule has 0 bridgehead atoms. The molecule has 0 heterocycles. The molecule has 0 aliphatic heterocycles. The summed E-state index contributed by atoms with van der Waals surface area (Å²) in [5.41, 5.74) is 0.283. The molecule has 1 atom stereocenters. The van der Waals surface area contributed by atoms with Crippen LogP contribution in [0.1, 0.15) is 40.0 Å². The summed E-state index contributed by atoms with van der Waals surface area (Å²) < 4.78 is 0. The zero-order chi connectivity index (χ0) is 9.19. The van der Waals surface area contributed by atoms with E-state index in [4.69, 9.17) is 0 Å². The Morgan fingerprint density at radius 3 is 2.67 bits per heavy atom. The summed E-state index contributed by atoms with van der Waals surface area (Å²) in [6.45, 7) is 6.58. The highest BCUT2D eigenvalue weighted by atomic mass is 16.1. The highest BCUT2D eigenvalue weighted by Gasteiger charge is 2.24. The van der Waals surface area contributed by atoms with Crippen LogP contribution in [-0.4, -0.2) is 5.78 Å². The van der Waals surface area contributed by atoms with Gasteiger partial charge in [0.2, 0.25) is 0 Å². The van der Waals surface area contributed by atoms with Gasteiger partial charge in [0.25, 0.3) is 0 Å². The van der Waals surface area contributed by atoms with Gasteiger partial charge in [-0.3, -0.25) is 4.79 Å². The molecule has 0 N–H and O–H groups in total. The van der Waals surface area contributed by atoms with E-state index < -0.39 is 0 Å². The van der Waals surface area contributed by atoms with Crippen LogP contribution in [0.5, 0.6) is 0 Å². The molecule has 0 aromatic rings. The monoisotopic (exact) mass is 166 g/mol. The normalized spacial score (nSPS) is 24.6. The first-order chi connectivity index (χ1) is 5.49. The summed E-state index contributed by atoms with van der Waals surface area (Å²) in [5, 5.41) is 0. The highest BCUT2D eigenvalue weighted by molar-refractivity contribution is 5.92. The van der Waals surface area contributed by atoms with Gasteiger partial charge in [-0.2, -0.15) is 0 Å². The van der Waals surface area contributed by atoms with Crippen molar-refractivity contribution in [3.8, 4) is 0 Å². The maximum absolute atomic E-state index is 11.4. The van der Waals surface area contributed by atoms with Gasteiger partial charge in [0.1, 0.15) is 0 Å². The molecular formula is C11H18O. The zero-order valence-corrected chi connectivity index (χ0v) is 8.26. The second-order valence-electron chi connectivity index (χ2n) is 4.84. The zero-order valence-electron chi connectivity index (χ0n) is 8.26. The molecule has 1 aliphatic carbocycles. The lowest BCUT2D eigenvalue weighted by Gasteiger charge is -2.25. The minimum atomic E-state index is 0.283. The van der Waals surface area contributed by atoms with Gasteiger partial charge in [-0.1, -0.05) is 26.8 Å². The van der Waals surface area contributed by atoms with E-state index in [0.717, 1.165) is 19.3 Å². The summed E-state index contributed by atoms with van der Waals surface area (Å²) >= 11 is 0. The minimum Gasteiger partial charge on any atom is -0.295 e. The van der Waals surface area contributed by atoms with Crippen LogP contribution in [0.15, 0.2) is 12.2 Å². The Morgan fingerprint density at radius 2 is 2.17 bits per heavy atom. The van der Waals surface area contributed by atoms with Gasteiger partial charge in [0, 0.05) is 5.92 Å². The molecular weight excluding hydrogens is 148 g/mol. The first-order valence-electron chi connectivity index (χ1n) is 4.69. The molecule has 1 nitrogen and oxygen atoms in total. The molecule has 1 heteroatoms. The third-order valence-electron chi connectivity index (χ3n) is 2.23. The average molecular weight is 166 g/mol. The van der Waals surface area contributed by atoms with Crippen LogP contribution >= 0.6 is 0 Å². The lowest BCUT2D eigenvalue weighted by molar-refractivity contribution is -0.119. The number of carbonyl (C=O) groups is 1. The van der Waals surface area contributed by atoms with E-state index in [1.165, 1.54) is 0 Å².